The van der Waals surface area contributed by atoms with E-state index in [0.29, 0.717) is 13.2 Å². The third kappa shape index (κ3) is 2.77. The van der Waals surface area contributed by atoms with E-state index >= 15 is 0 Å². The first-order chi connectivity index (χ1) is 11.4. The molecule has 24 heavy (non-hydrogen) atoms. The zero-order valence-corrected chi connectivity index (χ0v) is 14.5. The van der Waals surface area contributed by atoms with Crippen LogP contribution in [0.2, 0.25) is 0 Å². The maximum absolute atomic E-state index is 12.7. The smallest absolute Gasteiger partial charge is 0.248 e. The molecule has 0 aromatic carbocycles. The van der Waals surface area contributed by atoms with Crippen LogP contribution in [-0.2, 0) is 14.3 Å². The van der Waals surface area contributed by atoms with Crippen LogP contribution in [0.1, 0.15) is 45.4 Å². The lowest BCUT2D eigenvalue weighted by atomic mass is 9.48. The standard InChI is InChI=1S/C19H28N2O3/c1-12(4-17(22)21-2-3-24-16(11-21)18(20)23)19-8-13-5-14(9-19)7-15(6-13)10-19/h4,13-16H,2-3,5-11H2,1H3,(H2,20,23)/b12-4+/t13?,14?,15?,16-,19?/m1/s1. The highest BCUT2D eigenvalue weighted by Gasteiger charge is 2.51. The molecule has 132 valence electrons. The Hall–Kier alpha value is -1.36. The number of morpholine rings is 1. The summed E-state index contributed by atoms with van der Waals surface area (Å²) >= 11 is 0. The Morgan fingerprint density at radius 1 is 1.12 bits per heavy atom. The molecule has 0 radical (unpaired) electrons. The summed E-state index contributed by atoms with van der Waals surface area (Å²) in [5.41, 5.74) is 6.84. The van der Waals surface area contributed by atoms with E-state index in [1.807, 2.05) is 6.08 Å². The van der Waals surface area contributed by atoms with Gasteiger partial charge in [-0.1, -0.05) is 5.57 Å². The fraction of sp³-hybridized carbons (Fsp3) is 0.789. The second-order valence-corrected chi connectivity index (χ2v) is 8.57. The van der Waals surface area contributed by atoms with Crippen LogP contribution in [0.5, 0.6) is 0 Å². The number of hydrogen-bond donors (Lipinski definition) is 1. The van der Waals surface area contributed by atoms with Gasteiger partial charge in [-0.15, -0.1) is 0 Å². The van der Waals surface area contributed by atoms with Crippen molar-refractivity contribution in [3.63, 3.8) is 0 Å². The number of primary amides is 1. The van der Waals surface area contributed by atoms with Crippen LogP contribution >= 0.6 is 0 Å². The quantitative estimate of drug-likeness (QED) is 0.802. The fourth-order valence-electron chi connectivity index (χ4n) is 6.04. The molecule has 5 aliphatic rings. The molecular weight excluding hydrogens is 304 g/mol. The molecule has 1 atom stereocenters. The van der Waals surface area contributed by atoms with Gasteiger partial charge in [0.25, 0.3) is 0 Å². The summed E-state index contributed by atoms with van der Waals surface area (Å²) in [6, 6.07) is 0. The van der Waals surface area contributed by atoms with Gasteiger partial charge in [0.1, 0.15) is 0 Å². The first kappa shape index (κ1) is 16.1. The second kappa shape index (κ2) is 5.87. The minimum absolute atomic E-state index is 0.0118. The summed E-state index contributed by atoms with van der Waals surface area (Å²) in [6.45, 7) is 3.34. The molecule has 2 N–H and O–H groups in total. The van der Waals surface area contributed by atoms with Crippen LogP contribution in [0, 0.1) is 23.2 Å². The number of carbonyl (C=O) groups is 2. The summed E-state index contributed by atoms with van der Waals surface area (Å²) in [5.74, 6) is 2.14. The maximum Gasteiger partial charge on any atom is 0.248 e. The van der Waals surface area contributed by atoms with Gasteiger partial charge in [0, 0.05) is 12.6 Å². The highest BCUT2D eigenvalue weighted by atomic mass is 16.5. The van der Waals surface area contributed by atoms with E-state index in [1.54, 1.807) is 4.90 Å². The van der Waals surface area contributed by atoms with Crippen LogP contribution in [0.25, 0.3) is 0 Å². The normalized spacial score (nSPS) is 41.5. The Kier molecular flexibility index (Phi) is 3.94. The van der Waals surface area contributed by atoms with Gasteiger partial charge < -0.3 is 15.4 Å². The lowest BCUT2D eigenvalue weighted by Gasteiger charge is -2.57. The van der Waals surface area contributed by atoms with Crippen molar-refractivity contribution >= 4 is 11.8 Å². The molecule has 0 aromatic heterocycles. The number of nitrogens with zero attached hydrogens (tertiary/aromatic N) is 1. The van der Waals surface area contributed by atoms with Gasteiger partial charge in [-0.2, -0.15) is 0 Å². The van der Waals surface area contributed by atoms with E-state index in [4.69, 9.17) is 10.5 Å². The molecular formula is C19H28N2O3. The van der Waals surface area contributed by atoms with Crippen molar-refractivity contribution in [1.29, 1.82) is 0 Å². The average molecular weight is 332 g/mol. The Morgan fingerprint density at radius 3 is 2.25 bits per heavy atom. The highest BCUT2D eigenvalue weighted by molar-refractivity contribution is 5.89. The first-order valence-corrected chi connectivity index (χ1v) is 9.34. The summed E-state index contributed by atoms with van der Waals surface area (Å²) in [5, 5.41) is 0. The van der Waals surface area contributed by atoms with Gasteiger partial charge in [0.05, 0.1) is 13.2 Å². The molecule has 5 heteroatoms. The first-order valence-electron chi connectivity index (χ1n) is 9.34. The predicted octanol–water partition coefficient (Wildman–Crippen LogP) is 1.86. The average Bonchev–Trinajstić information content (AvgIpc) is 2.53. The van der Waals surface area contributed by atoms with Crippen LogP contribution in [0.3, 0.4) is 0 Å². The lowest BCUT2D eigenvalue weighted by molar-refractivity contribution is -0.142. The number of nitrogens with two attached hydrogens (primary N) is 1. The van der Waals surface area contributed by atoms with Crippen LogP contribution < -0.4 is 5.73 Å². The second-order valence-electron chi connectivity index (χ2n) is 8.57. The molecule has 1 saturated heterocycles. The minimum Gasteiger partial charge on any atom is -0.367 e. The zero-order chi connectivity index (χ0) is 16.9. The molecule has 0 unspecified atom stereocenters. The van der Waals surface area contributed by atoms with Crippen molar-refractivity contribution in [2.75, 3.05) is 19.7 Å². The number of rotatable bonds is 3. The molecule has 0 spiro atoms. The van der Waals surface area contributed by atoms with Gasteiger partial charge >= 0.3 is 0 Å². The van der Waals surface area contributed by atoms with Crippen molar-refractivity contribution in [2.24, 2.45) is 28.9 Å². The Labute approximate surface area is 143 Å². The van der Waals surface area contributed by atoms with E-state index in [0.717, 1.165) is 17.8 Å². The van der Waals surface area contributed by atoms with E-state index < -0.39 is 12.0 Å². The Bertz CT molecular complexity index is 548. The lowest BCUT2D eigenvalue weighted by Crippen LogP contribution is -2.50. The molecule has 5 fully saturated rings. The van der Waals surface area contributed by atoms with Crippen molar-refractivity contribution in [2.45, 2.75) is 51.6 Å². The Balaban J connectivity index is 1.48. The van der Waals surface area contributed by atoms with Gasteiger partial charge in [-0.05, 0) is 68.6 Å². The number of amides is 2. The van der Waals surface area contributed by atoms with Gasteiger partial charge in [-0.3, -0.25) is 9.59 Å². The molecule has 4 aliphatic carbocycles. The third-order valence-corrected chi connectivity index (χ3v) is 6.91. The summed E-state index contributed by atoms with van der Waals surface area (Å²) < 4.78 is 5.34. The fourth-order valence-corrected chi connectivity index (χ4v) is 6.04. The van der Waals surface area contributed by atoms with E-state index in [9.17, 15) is 9.59 Å². The molecule has 4 saturated carbocycles. The predicted molar refractivity (Wildman–Crippen MR) is 89.9 cm³/mol. The summed E-state index contributed by atoms with van der Waals surface area (Å²) in [4.78, 5) is 25.7. The van der Waals surface area contributed by atoms with Gasteiger partial charge in [-0.25, -0.2) is 0 Å². The largest absolute Gasteiger partial charge is 0.367 e. The highest BCUT2D eigenvalue weighted by Crippen LogP contribution is 2.62. The summed E-state index contributed by atoms with van der Waals surface area (Å²) in [6.07, 6.45) is 9.19. The molecule has 4 bridgehead atoms. The molecule has 1 aliphatic heterocycles. The molecule has 2 amide bonds. The van der Waals surface area contributed by atoms with Crippen molar-refractivity contribution in [3.05, 3.63) is 11.6 Å². The van der Waals surface area contributed by atoms with Gasteiger partial charge in [0.2, 0.25) is 11.8 Å². The number of allylic oxidation sites excluding steroid dienone is 1. The van der Waals surface area contributed by atoms with Crippen molar-refractivity contribution in [3.8, 4) is 0 Å². The van der Waals surface area contributed by atoms with Gasteiger partial charge in [0.15, 0.2) is 6.10 Å². The molecule has 5 rings (SSSR count). The van der Waals surface area contributed by atoms with Crippen molar-refractivity contribution in [1.82, 2.24) is 4.90 Å². The zero-order valence-electron chi connectivity index (χ0n) is 14.5. The number of hydrogen-bond acceptors (Lipinski definition) is 3. The number of ether oxygens (including phenoxy) is 1. The van der Waals surface area contributed by atoms with E-state index in [1.165, 1.54) is 44.1 Å². The third-order valence-electron chi connectivity index (χ3n) is 6.91. The SMILES string of the molecule is C/C(=C\C(=O)N1CCO[C@@H](C(N)=O)C1)C12CC3CC(CC(C3)C1)C2. The number of carbonyl (C=O) groups excluding carboxylic acids is 2. The Morgan fingerprint density at radius 2 is 1.71 bits per heavy atom. The summed E-state index contributed by atoms with van der Waals surface area (Å²) in [7, 11) is 0. The van der Waals surface area contributed by atoms with Crippen LogP contribution in [0.15, 0.2) is 11.6 Å². The van der Waals surface area contributed by atoms with Crippen LogP contribution in [-0.4, -0.2) is 42.5 Å². The molecule has 5 nitrogen and oxygen atoms in total. The molecule has 1 heterocycles. The molecule has 0 aromatic rings. The van der Waals surface area contributed by atoms with E-state index in [2.05, 4.69) is 6.92 Å². The van der Waals surface area contributed by atoms with E-state index in [-0.39, 0.29) is 17.9 Å². The van der Waals surface area contributed by atoms with Crippen LogP contribution in [0.4, 0.5) is 0 Å². The monoisotopic (exact) mass is 332 g/mol. The maximum atomic E-state index is 12.7. The minimum atomic E-state index is -0.670. The van der Waals surface area contributed by atoms with Crippen molar-refractivity contribution < 1.29 is 14.3 Å². The topological polar surface area (TPSA) is 72.6 Å².